The van der Waals surface area contributed by atoms with Crippen LogP contribution >= 0.6 is 0 Å². The molecule has 1 unspecified atom stereocenters. The number of pyridine rings is 1. The van der Waals surface area contributed by atoms with Gasteiger partial charge in [-0.15, -0.1) is 0 Å². The lowest BCUT2D eigenvalue weighted by atomic mass is 10.1. The first-order valence-corrected chi connectivity index (χ1v) is 7.15. The number of rotatable bonds is 6. The molecule has 0 aliphatic rings. The van der Waals surface area contributed by atoms with Crippen LogP contribution in [0.1, 0.15) is 6.92 Å². The molecule has 8 heteroatoms. The number of benzene rings is 1. The second-order valence-electron chi connectivity index (χ2n) is 5.42. The molecule has 1 aromatic heterocycles. The Balaban J connectivity index is 2.42. The Bertz CT molecular complexity index is 764. The van der Waals surface area contributed by atoms with Crippen LogP contribution < -0.4 is 4.90 Å². The van der Waals surface area contributed by atoms with Gasteiger partial charge >= 0.3 is 5.97 Å². The predicted octanol–water partition coefficient (Wildman–Crippen LogP) is 2.95. The molecule has 1 atom stereocenters. The van der Waals surface area contributed by atoms with Crippen molar-refractivity contribution in [2.75, 3.05) is 18.5 Å². The Morgan fingerprint density at radius 2 is 1.96 bits per heavy atom. The van der Waals surface area contributed by atoms with Gasteiger partial charge in [0.15, 0.2) is 5.69 Å². The zero-order chi connectivity index (χ0) is 17.9. The number of aromatic nitrogens is 1. The number of hydrogen-bond acceptors (Lipinski definition) is 5. The minimum absolute atomic E-state index is 0.104. The van der Waals surface area contributed by atoms with E-state index in [-0.39, 0.29) is 17.9 Å². The standard InChI is InChI=1S/C16H16FN3O4/c1-10(16(21)22)9-19(2)14-8-7-13(20(23)24)15(18-14)11-3-5-12(17)6-4-11/h3-8,10H,9H2,1-2H3,(H,21,22). The van der Waals surface area contributed by atoms with E-state index in [9.17, 15) is 19.3 Å². The molecule has 0 saturated carbocycles. The van der Waals surface area contributed by atoms with Crippen molar-refractivity contribution >= 4 is 17.5 Å². The number of aliphatic carboxylic acids is 1. The number of anilines is 1. The molecule has 0 spiro atoms. The highest BCUT2D eigenvalue weighted by molar-refractivity contribution is 5.72. The Hall–Kier alpha value is -3.03. The molecular formula is C16H16FN3O4. The Morgan fingerprint density at radius 3 is 2.50 bits per heavy atom. The molecule has 0 aliphatic carbocycles. The fraction of sp³-hybridized carbons (Fsp3) is 0.250. The summed E-state index contributed by atoms with van der Waals surface area (Å²) in [6.45, 7) is 1.76. The highest BCUT2D eigenvalue weighted by Crippen LogP contribution is 2.30. The average molecular weight is 333 g/mol. The summed E-state index contributed by atoms with van der Waals surface area (Å²) in [7, 11) is 1.65. The SMILES string of the molecule is CC(CN(C)c1ccc([N+](=O)[O-])c(-c2ccc(F)cc2)n1)C(=O)O. The van der Waals surface area contributed by atoms with Gasteiger partial charge in [0, 0.05) is 25.2 Å². The molecule has 0 saturated heterocycles. The fourth-order valence-electron chi connectivity index (χ4n) is 2.20. The molecule has 0 bridgehead atoms. The predicted molar refractivity (Wildman–Crippen MR) is 86.4 cm³/mol. The van der Waals surface area contributed by atoms with Crippen molar-refractivity contribution in [2.24, 2.45) is 5.92 Å². The monoisotopic (exact) mass is 333 g/mol. The summed E-state index contributed by atoms with van der Waals surface area (Å²) in [5.74, 6) is -1.62. The van der Waals surface area contributed by atoms with Gasteiger partial charge in [-0.25, -0.2) is 9.37 Å². The molecule has 24 heavy (non-hydrogen) atoms. The van der Waals surface area contributed by atoms with Gasteiger partial charge in [0.25, 0.3) is 5.69 Å². The normalized spacial score (nSPS) is 11.8. The van der Waals surface area contributed by atoms with E-state index in [1.54, 1.807) is 18.9 Å². The number of hydrogen-bond donors (Lipinski definition) is 1. The average Bonchev–Trinajstić information content (AvgIpc) is 2.54. The topological polar surface area (TPSA) is 96.6 Å². The first kappa shape index (κ1) is 17.3. The molecule has 0 amide bonds. The maximum absolute atomic E-state index is 13.1. The smallest absolute Gasteiger partial charge is 0.308 e. The van der Waals surface area contributed by atoms with E-state index in [0.29, 0.717) is 11.4 Å². The van der Waals surface area contributed by atoms with Crippen molar-refractivity contribution in [3.8, 4) is 11.3 Å². The number of nitro groups is 1. The third-order valence-corrected chi connectivity index (χ3v) is 3.53. The summed E-state index contributed by atoms with van der Waals surface area (Å²) in [5, 5.41) is 20.2. The second kappa shape index (κ2) is 7.03. The molecule has 1 heterocycles. The van der Waals surface area contributed by atoms with Crippen LogP contribution in [-0.2, 0) is 4.79 Å². The van der Waals surface area contributed by atoms with Gasteiger partial charge in [0.2, 0.25) is 0 Å². The Labute approximate surface area is 137 Å². The third-order valence-electron chi connectivity index (χ3n) is 3.53. The van der Waals surface area contributed by atoms with Crippen molar-refractivity contribution in [1.29, 1.82) is 0 Å². The van der Waals surface area contributed by atoms with Crippen LogP contribution in [0.15, 0.2) is 36.4 Å². The molecule has 2 aromatic rings. The third kappa shape index (κ3) is 3.83. The number of carbonyl (C=O) groups is 1. The Kier molecular flexibility index (Phi) is 5.08. The number of carboxylic acid groups (broad SMARTS) is 1. The lowest BCUT2D eigenvalue weighted by Crippen LogP contribution is -2.29. The van der Waals surface area contributed by atoms with E-state index in [2.05, 4.69) is 4.98 Å². The van der Waals surface area contributed by atoms with Crippen LogP contribution in [0.25, 0.3) is 11.3 Å². The molecular weight excluding hydrogens is 317 g/mol. The van der Waals surface area contributed by atoms with Crippen LogP contribution in [0.4, 0.5) is 15.9 Å². The van der Waals surface area contributed by atoms with Gasteiger partial charge < -0.3 is 10.0 Å². The van der Waals surface area contributed by atoms with Crippen LogP contribution in [0, 0.1) is 21.8 Å². The van der Waals surface area contributed by atoms with E-state index in [1.165, 1.54) is 36.4 Å². The van der Waals surface area contributed by atoms with Gasteiger partial charge in [-0.3, -0.25) is 14.9 Å². The summed E-state index contributed by atoms with van der Waals surface area (Å²) in [4.78, 5) is 27.5. The maximum atomic E-state index is 13.1. The van der Waals surface area contributed by atoms with Gasteiger partial charge in [-0.05, 0) is 30.3 Å². The molecule has 126 valence electrons. The fourth-order valence-corrected chi connectivity index (χ4v) is 2.20. The molecule has 7 nitrogen and oxygen atoms in total. The minimum atomic E-state index is -0.942. The van der Waals surface area contributed by atoms with Crippen molar-refractivity contribution in [3.63, 3.8) is 0 Å². The van der Waals surface area contributed by atoms with Gasteiger partial charge in [-0.1, -0.05) is 6.92 Å². The van der Waals surface area contributed by atoms with Crippen molar-refractivity contribution in [3.05, 3.63) is 52.3 Å². The van der Waals surface area contributed by atoms with E-state index in [4.69, 9.17) is 5.11 Å². The number of carboxylic acids is 1. The van der Waals surface area contributed by atoms with Crippen LogP contribution in [0.2, 0.25) is 0 Å². The van der Waals surface area contributed by atoms with Gasteiger partial charge in [0.05, 0.1) is 10.8 Å². The van der Waals surface area contributed by atoms with E-state index in [1.807, 2.05) is 0 Å². The number of halogens is 1. The molecule has 0 aliphatic heterocycles. The second-order valence-corrected chi connectivity index (χ2v) is 5.42. The van der Waals surface area contributed by atoms with Gasteiger partial charge in [0.1, 0.15) is 11.6 Å². The zero-order valence-corrected chi connectivity index (χ0v) is 13.1. The summed E-state index contributed by atoms with van der Waals surface area (Å²) in [5.41, 5.74) is 0.307. The lowest BCUT2D eigenvalue weighted by Gasteiger charge is -2.21. The molecule has 0 fully saturated rings. The molecule has 1 aromatic carbocycles. The maximum Gasteiger partial charge on any atom is 0.308 e. The lowest BCUT2D eigenvalue weighted by molar-refractivity contribution is -0.384. The first-order valence-electron chi connectivity index (χ1n) is 7.15. The van der Waals surface area contributed by atoms with E-state index < -0.39 is 22.6 Å². The zero-order valence-electron chi connectivity index (χ0n) is 13.1. The summed E-state index contributed by atoms with van der Waals surface area (Å²) < 4.78 is 13.1. The van der Waals surface area contributed by atoms with Crippen molar-refractivity contribution in [1.82, 2.24) is 4.98 Å². The summed E-state index contributed by atoms with van der Waals surface area (Å²) in [6.07, 6.45) is 0. The molecule has 0 radical (unpaired) electrons. The van der Waals surface area contributed by atoms with Crippen LogP contribution in [0.3, 0.4) is 0 Å². The molecule has 2 rings (SSSR count). The van der Waals surface area contributed by atoms with Crippen LogP contribution in [0.5, 0.6) is 0 Å². The van der Waals surface area contributed by atoms with Crippen molar-refractivity contribution < 1.29 is 19.2 Å². The minimum Gasteiger partial charge on any atom is -0.481 e. The Morgan fingerprint density at radius 1 is 1.33 bits per heavy atom. The van der Waals surface area contributed by atoms with Gasteiger partial charge in [-0.2, -0.15) is 0 Å². The van der Waals surface area contributed by atoms with E-state index in [0.717, 1.165) is 0 Å². The van der Waals surface area contributed by atoms with Crippen LogP contribution in [-0.4, -0.2) is 34.6 Å². The highest BCUT2D eigenvalue weighted by Gasteiger charge is 2.20. The number of nitrogens with zero attached hydrogens (tertiary/aromatic N) is 3. The largest absolute Gasteiger partial charge is 0.481 e. The first-order chi connectivity index (χ1) is 11.3. The highest BCUT2D eigenvalue weighted by atomic mass is 19.1. The quantitative estimate of drug-likeness (QED) is 0.645. The molecule has 1 N–H and O–H groups in total. The summed E-state index contributed by atoms with van der Waals surface area (Å²) in [6, 6.07) is 7.98. The van der Waals surface area contributed by atoms with Crippen molar-refractivity contribution in [2.45, 2.75) is 6.92 Å². The summed E-state index contributed by atoms with van der Waals surface area (Å²) >= 11 is 0. The van der Waals surface area contributed by atoms with E-state index >= 15 is 0 Å².